The quantitative estimate of drug-likeness (QED) is 0.733. The van der Waals surface area contributed by atoms with Gasteiger partial charge in [-0.05, 0) is 12.8 Å². The molecule has 1 unspecified atom stereocenters. The molecule has 0 aromatic carbocycles. The van der Waals surface area contributed by atoms with E-state index < -0.39 is 0 Å². The van der Waals surface area contributed by atoms with Gasteiger partial charge in [0.25, 0.3) is 3.90 Å². The molecule has 0 amide bonds. The second-order valence-corrected chi connectivity index (χ2v) is 3.73. The molecule has 1 aliphatic heterocycles. The molecule has 0 N–H and O–H groups in total. The molecule has 1 aliphatic rings. The first-order valence-electron chi connectivity index (χ1n) is 3.93. The van der Waals surface area contributed by atoms with Gasteiger partial charge in [0.05, 0.1) is 12.5 Å². The molecule has 1 aromatic heterocycles. The van der Waals surface area contributed by atoms with E-state index in [0.717, 1.165) is 31.9 Å². The van der Waals surface area contributed by atoms with Gasteiger partial charge >= 0.3 is 0 Å². The summed E-state index contributed by atoms with van der Waals surface area (Å²) in [5.41, 5.74) is 0. The van der Waals surface area contributed by atoms with Gasteiger partial charge in [0.1, 0.15) is 0 Å². The minimum atomic E-state index is 0.315. The lowest BCUT2D eigenvalue weighted by Gasteiger charge is -2.18. The van der Waals surface area contributed by atoms with Crippen LogP contribution in [-0.4, -0.2) is 23.4 Å². The lowest BCUT2D eigenvalue weighted by atomic mass is 10.0. The van der Waals surface area contributed by atoms with Crippen molar-refractivity contribution in [2.75, 3.05) is 13.2 Å². The third-order valence-electron chi connectivity index (χ3n) is 1.93. The third kappa shape index (κ3) is 1.77. The maximum absolute atomic E-state index is 5.32. The van der Waals surface area contributed by atoms with Crippen LogP contribution >= 0.6 is 22.6 Å². The molecular weight excluding hydrogens is 271 g/mol. The first-order valence-corrected chi connectivity index (χ1v) is 5.01. The molecule has 5 heteroatoms. The topological polar surface area (TPSA) is 48.2 Å². The highest BCUT2D eigenvalue weighted by atomic mass is 127. The molecule has 2 rings (SSSR count). The number of halogens is 1. The van der Waals surface area contributed by atoms with Gasteiger partial charge < -0.3 is 9.15 Å². The molecule has 0 aliphatic carbocycles. The van der Waals surface area contributed by atoms with E-state index >= 15 is 0 Å². The number of rotatable bonds is 1. The normalized spacial score (nSPS) is 24.2. The van der Waals surface area contributed by atoms with E-state index in [2.05, 4.69) is 10.2 Å². The molecule has 0 spiro atoms. The average Bonchev–Trinajstić information content (AvgIpc) is 2.54. The monoisotopic (exact) mass is 280 g/mol. The van der Waals surface area contributed by atoms with E-state index in [9.17, 15) is 0 Å². The summed E-state index contributed by atoms with van der Waals surface area (Å²) in [6, 6.07) is 0. The van der Waals surface area contributed by atoms with Crippen LogP contribution in [0.2, 0.25) is 0 Å². The number of hydrogen-bond acceptors (Lipinski definition) is 4. The number of ether oxygens (including phenoxy) is 1. The van der Waals surface area contributed by atoms with Gasteiger partial charge in [-0.1, -0.05) is 0 Å². The largest absolute Gasteiger partial charge is 0.416 e. The molecule has 12 heavy (non-hydrogen) atoms. The van der Waals surface area contributed by atoms with Crippen molar-refractivity contribution in [3.05, 3.63) is 9.79 Å². The van der Waals surface area contributed by atoms with Crippen LogP contribution in [0, 0.1) is 3.90 Å². The first-order chi connectivity index (χ1) is 5.86. The van der Waals surface area contributed by atoms with Crippen molar-refractivity contribution >= 4 is 22.6 Å². The fourth-order valence-electron chi connectivity index (χ4n) is 1.32. The summed E-state index contributed by atoms with van der Waals surface area (Å²) in [5.74, 6) is 1.04. The summed E-state index contributed by atoms with van der Waals surface area (Å²) in [7, 11) is 0. The van der Waals surface area contributed by atoms with Gasteiger partial charge in [-0.3, -0.25) is 0 Å². The smallest absolute Gasteiger partial charge is 0.278 e. The van der Waals surface area contributed by atoms with Crippen LogP contribution < -0.4 is 0 Å². The SMILES string of the molecule is Ic1nnc(C2CCCOC2)o1. The van der Waals surface area contributed by atoms with E-state index in [0.29, 0.717) is 9.82 Å². The van der Waals surface area contributed by atoms with Crippen LogP contribution in [0.1, 0.15) is 24.7 Å². The Balaban J connectivity index is 2.08. The first kappa shape index (κ1) is 8.43. The van der Waals surface area contributed by atoms with E-state index in [-0.39, 0.29) is 0 Å². The van der Waals surface area contributed by atoms with E-state index in [1.54, 1.807) is 0 Å². The Labute approximate surface area is 83.8 Å². The highest BCUT2D eigenvalue weighted by Crippen LogP contribution is 2.24. The fourth-order valence-corrected chi connectivity index (χ4v) is 1.65. The average molecular weight is 280 g/mol. The molecule has 1 fully saturated rings. The Morgan fingerprint density at radius 3 is 2.92 bits per heavy atom. The summed E-state index contributed by atoms with van der Waals surface area (Å²) in [6.07, 6.45) is 2.18. The molecule has 2 heterocycles. The molecule has 4 nitrogen and oxygen atoms in total. The zero-order chi connectivity index (χ0) is 8.39. The molecule has 1 aromatic rings. The number of hydrogen-bond donors (Lipinski definition) is 0. The maximum atomic E-state index is 5.32. The van der Waals surface area contributed by atoms with Crippen LogP contribution in [0.25, 0.3) is 0 Å². The van der Waals surface area contributed by atoms with Crippen molar-refractivity contribution in [2.24, 2.45) is 0 Å². The summed E-state index contributed by atoms with van der Waals surface area (Å²) in [5, 5.41) is 7.74. The minimum Gasteiger partial charge on any atom is -0.416 e. The summed E-state index contributed by atoms with van der Waals surface area (Å²) in [4.78, 5) is 0. The van der Waals surface area contributed by atoms with Gasteiger partial charge in [0.2, 0.25) is 5.89 Å². The van der Waals surface area contributed by atoms with E-state index in [1.807, 2.05) is 22.6 Å². The van der Waals surface area contributed by atoms with E-state index in [4.69, 9.17) is 9.15 Å². The van der Waals surface area contributed by atoms with Crippen molar-refractivity contribution in [1.29, 1.82) is 0 Å². The minimum absolute atomic E-state index is 0.315. The maximum Gasteiger partial charge on any atom is 0.278 e. The molecule has 66 valence electrons. The van der Waals surface area contributed by atoms with Crippen molar-refractivity contribution in [3.8, 4) is 0 Å². The second kappa shape index (κ2) is 3.69. The molecule has 1 atom stereocenters. The van der Waals surface area contributed by atoms with Crippen LogP contribution in [0.3, 0.4) is 0 Å². The summed E-state index contributed by atoms with van der Waals surface area (Å²) >= 11 is 2.02. The molecular formula is C7H9IN2O2. The second-order valence-electron chi connectivity index (χ2n) is 2.81. The fraction of sp³-hybridized carbons (Fsp3) is 0.714. The van der Waals surface area contributed by atoms with Crippen molar-refractivity contribution in [1.82, 2.24) is 10.2 Å². The van der Waals surface area contributed by atoms with Crippen LogP contribution in [0.4, 0.5) is 0 Å². The summed E-state index contributed by atoms with van der Waals surface area (Å²) in [6.45, 7) is 1.58. The third-order valence-corrected chi connectivity index (χ3v) is 2.36. The molecule has 0 radical (unpaired) electrons. The Hall–Kier alpha value is -0.170. The van der Waals surface area contributed by atoms with Crippen LogP contribution in [0.15, 0.2) is 4.42 Å². The van der Waals surface area contributed by atoms with Gasteiger partial charge in [-0.2, -0.15) is 0 Å². The Morgan fingerprint density at radius 1 is 1.42 bits per heavy atom. The lowest BCUT2D eigenvalue weighted by molar-refractivity contribution is 0.0722. The Morgan fingerprint density at radius 2 is 2.33 bits per heavy atom. The molecule has 0 bridgehead atoms. The standard InChI is InChI=1S/C7H9IN2O2/c8-7-10-9-6(12-7)5-2-1-3-11-4-5/h5H,1-4H2. The zero-order valence-corrected chi connectivity index (χ0v) is 8.65. The van der Waals surface area contributed by atoms with Gasteiger partial charge in [-0.15, -0.1) is 10.2 Å². The predicted molar refractivity (Wildman–Crippen MR) is 49.8 cm³/mol. The van der Waals surface area contributed by atoms with Crippen molar-refractivity contribution < 1.29 is 9.15 Å². The van der Waals surface area contributed by atoms with Gasteiger partial charge in [-0.25, -0.2) is 0 Å². The van der Waals surface area contributed by atoms with Gasteiger partial charge in [0.15, 0.2) is 0 Å². The van der Waals surface area contributed by atoms with Crippen molar-refractivity contribution in [3.63, 3.8) is 0 Å². The Kier molecular flexibility index (Phi) is 2.60. The zero-order valence-electron chi connectivity index (χ0n) is 6.49. The Bertz CT molecular complexity index is 258. The number of aromatic nitrogens is 2. The molecule has 0 saturated carbocycles. The van der Waals surface area contributed by atoms with Crippen molar-refractivity contribution in [2.45, 2.75) is 18.8 Å². The van der Waals surface area contributed by atoms with E-state index in [1.165, 1.54) is 0 Å². The molecule has 1 saturated heterocycles. The highest BCUT2D eigenvalue weighted by molar-refractivity contribution is 14.1. The highest BCUT2D eigenvalue weighted by Gasteiger charge is 2.21. The van der Waals surface area contributed by atoms with Gasteiger partial charge in [0, 0.05) is 29.2 Å². The predicted octanol–water partition coefficient (Wildman–Crippen LogP) is 1.57. The van der Waals surface area contributed by atoms with Crippen LogP contribution in [0.5, 0.6) is 0 Å². The summed E-state index contributed by atoms with van der Waals surface area (Å²) < 4.78 is 11.2. The van der Waals surface area contributed by atoms with Crippen LogP contribution in [-0.2, 0) is 4.74 Å². The lowest BCUT2D eigenvalue weighted by Crippen LogP contribution is -2.15. The number of nitrogens with zero attached hydrogens (tertiary/aromatic N) is 2.